The van der Waals surface area contributed by atoms with Crippen LogP contribution in [-0.4, -0.2) is 54.9 Å². The van der Waals surface area contributed by atoms with Crippen LogP contribution in [0.3, 0.4) is 0 Å². The minimum Gasteiger partial charge on any atom is -0.367 e. The summed E-state index contributed by atoms with van der Waals surface area (Å²) in [6.07, 6.45) is -0.0377. The van der Waals surface area contributed by atoms with Crippen LogP contribution in [0, 0.1) is 0 Å². The first-order valence-corrected chi connectivity index (χ1v) is 5.67. The fourth-order valence-electron chi connectivity index (χ4n) is 1.94. The standard InChI is InChI=1S/C10H16N4O2/c1-14-2-3-15-8(6-14)9-12-10(16-13-9)7-4-11-5-7/h7-8,11H,2-6H2,1H3. The van der Waals surface area contributed by atoms with E-state index in [4.69, 9.17) is 9.26 Å². The van der Waals surface area contributed by atoms with E-state index in [1.54, 1.807) is 0 Å². The summed E-state index contributed by atoms with van der Waals surface area (Å²) < 4.78 is 10.9. The smallest absolute Gasteiger partial charge is 0.232 e. The molecule has 0 spiro atoms. The molecule has 3 heterocycles. The molecule has 6 heteroatoms. The van der Waals surface area contributed by atoms with Crippen LogP contribution in [0.4, 0.5) is 0 Å². The Hall–Kier alpha value is -0.980. The summed E-state index contributed by atoms with van der Waals surface area (Å²) in [6, 6.07) is 0. The zero-order valence-electron chi connectivity index (χ0n) is 9.35. The Labute approximate surface area is 93.9 Å². The SMILES string of the molecule is CN1CCOC(c2noc(C3CNC3)n2)C1. The molecule has 1 aromatic heterocycles. The second-order valence-corrected chi connectivity index (χ2v) is 4.47. The minimum absolute atomic E-state index is 0.0377. The van der Waals surface area contributed by atoms with Crippen molar-refractivity contribution in [2.75, 3.05) is 39.8 Å². The summed E-state index contributed by atoms with van der Waals surface area (Å²) in [5.41, 5.74) is 0. The van der Waals surface area contributed by atoms with Crippen LogP contribution in [-0.2, 0) is 4.74 Å². The van der Waals surface area contributed by atoms with Crippen LogP contribution >= 0.6 is 0 Å². The minimum atomic E-state index is -0.0377. The van der Waals surface area contributed by atoms with E-state index in [1.807, 2.05) is 0 Å². The molecule has 2 fully saturated rings. The number of ether oxygens (including phenoxy) is 1. The molecular formula is C10H16N4O2. The predicted octanol–water partition coefficient (Wildman–Crippen LogP) is -0.241. The van der Waals surface area contributed by atoms with E-state index in [1.165, 1.54) is 0 Å². The number of nitrogens with zero attached hydrogens (tertiary/aromatic N) is 3. The first-order chi connectivity index (χ1) is 7.83. The van der Waals surface area contributed by atoms with Crippen LogP contribution in [0.5, 0.6) is 0 Å². The van der Waals surface area contributed by atoms with E-state index in [0.29, 0.717) is 11.7 Å². The van der Waals surface area contributed by atoms with Crippen molar-refractivity contribution in [1.29, 1.82) is 0 Å². The van der Waals surface area contributed by atoms with Gasteiger partial charge < -0.3 is 19.5 Å². The summed E-state index contributed by atoms with van der Waals surface area (Å²) >= 11 is 0. The molecule has 6 nitrogen and oxygen atoms in total. The van der Waals surface area contributed by atoms with Gasteiger partial charge in [-0.15, -0.1) is 0 Å². The molecule has 1 unspecified atom stereocenters. The van der Waals surface area contributed by atoms with Crippen molar-refractivity contribution in [3.63, 3.8) is 0 Å². The van der Waals surface area contributed by atoms with E-state index < -0.39 is 0 Å². The number of rotatable bonds is 2. The maximum Gasteiger partial charge on any atom is 0.232 e. The second-order valence-electron chi connectivity index (χ2n) is 4.47. The number of likely N-dealkylation sites (N-methyl/N-ethyl adjacent to an activating group) is 1. The lowest BCUT2D eigenvalue weighted by Crippen LogP contribution is -2.40. The van der Waals surface area contributed by atoms with Crippen LogP contribution in [0.25, 0.3) is 0 Å². The van der Waals surface area contributed by atoms with Crippen molar-refractivity contribution in [3.8, 4) is 0 Å². The van der Waals surface area contributed by atoms with Gasteiger partial charge in [-0.05, 0) is 7.05 Å². The zero-order valence-corrected chi connectivity index (χ0v) is 9.35. The second kappa shape index (κ2) is 4.12. The van der Waals surface area contributed by atoms with E-state index >= 15 is 0 Å². The van der Waals surface area contributed by atoms with E-state index in [2.05, 4.69) is 27.4 Å². The third-order valence-corrected chi connectivity index (χ3v) is 3.15. The molecular weight excluding hydrogens is 208 g/mol. The molecule has 0 aromatic carbocycles. The lowest BCUT2D eigenvalue weighted by Gasteiger charge is -2.28. The van der Waals surface area contributed by atoms with E-state index in [9.17, 15) is 0 Å². The highest BCUT2D eigenvalue weighted by atomic mass is 16.5. The first-order valence-electron chi connectivity index (χ1n) is 5.67. The molecule has 1 aromatic rings. The molecule has 88 valence electrons. The lowest BCUT2D eigenvalue weighted by atomic mass is 10.0. The average molecular weight is 224 g/mol. The van der Waals surface area contributed by atoms with Gasteiger partial charge in [0, 0.05) is 26.2 Å². The molecule has 1 N–H and O–H groups in total. The summed E-state index contributed by atoms with van der Waals surface area (Å²) in [7, 11) is 2.08. The molecule has 0 amide bonds. The summed E-state index contributed by atoms with van der Waals surface area (Å²) in [6.45, 7) is 4.41. The maximum atomic E-state index is 5.64. The molecule has 2 aliphatic heterocycles. The van der Waals surface area contributed by atoms with Crippen LogP contribution in [0.1, 0.15) is 23.7 Å². The maximum absolute atomic E-state index is 5.64. The fourth-order valence-corrected chi connectivity index (χ4v) is 1.94. The molecule has 2 aliphatic rings. The van der Waals surface area contributed by atoms with Crippen molar-refractivity contribution in [2.24, 2.45) is 0 Å². The van der Waals surface area contributed by atoms with Gasteiger partial charge in [-0.25, -0.2) is 0 Å². The monoisotopic (exact) mass is 224 g/mol. The first kappa shape index (κ1) is 10.2. The quantitative estimate of drug-likeness (QED) is 0.748. The predicted molar refractivity (Wildman–Crippen MR) is 56.1 cm³/mol. The normalized spacial score (nSPS) is 27.9. The Balaban J connectivity index is 1.70. The number of hydrogen-bond acceptors (Lipinski definition) is 6. The highest BCUT2D eigenvalue weighted by molar-refractivity contribution is 5.03. The topological polar surface area (TPSA) is 63.4 Å². The molecule has 0 radical (unpaired) electrons. The van der Waals surface area contributed by atoms with E-state index in [0.717, 1.165) is 38.7 Å². The van der Waals surface area contributed by atoms with Gasteiger partial charge in [0.25, 0.3) is 0 Å². The van der Waals surface area contributed by atoms with Gasteiger partial charge in [0.2, 0.25) is 11.7 Å². The molecule has 1 atom stereocenters. The Morgan fingerprint density at radius 3 is 3.00 bits per heavy atom. The molecule has 16 heavy (non-hydrogen) atoms. The van der Waals surface area contributed by atoms with Crippen molar-refractivity contribution < 1.29 is 9.26 Å². The lowest BCUT2D eigenvalue weighted by molar-refractivity contribution is -0.0264. The van der Waals surface area contributed by atoms with Gasteiger partial charge in [0.15, 0.2) is 0 Å². The van der Waals surface area contributed by atoms with Crippen molar-refractivity contribution in [2.45, 2.75) is 12.0 Å². The average Bonchev–Trinajstić information content (AvgIpc) is 2.64. The number of nitrogens with one attached hydrogen (secondary N) is 1. The fraction of sp³-hybridized carbons (Fsp3) is 0.800. The third-order valence-electron chi connectivity index (χ3n) is 3.15. The molecule has 0 aliphatic carbocycles. The zero-order chi connectivity index (χ0) is 11.0. The highest BCUT2D eigenvalue weighted by Gasteiger charge is 2.29. The largest absolute Gasteiger partial charge is 0.367 e. The van der Waals surface area contributed by atoms with Gasteiger partial charge in [0.1, 0.15) is 6.10 Å². The number of hydrogen-bond donors (Lipinski definition) is 1. The van der Waals surface area contributed by atoms with Crippen LogP contribution in [0.2, 0.25) is 0 Å². The third kappa shape index (κ3) is 1.83. The van der Waals surface area contributed by atoms with Gasteiger partial charge in [0.05, 0.1) is 12.5 Å². The van der Waals surface area contributed by atoms with Gasteiger partial charge in [-0.1, -0.05) is 5.16 Å². The van der Waals surface area contributed by atoms with Gasteiger partial charge in [-0.3, -0.25) is 0 Å². The number of morpholine rings is 1. The summed E-state index contributed by atoms with van der Waals surface area (Å²) in [4.78, 5) is 6.64. The van der Waals surface area contributed by atoms with Crippen molar-refractivity contribution >= 4 is 0 Å². The highest BCUT2D eigenvalue weighted by Crippen LogP contribution is 2.22. The summed E-state index contributed by atoms with van der Waals surface area (Å²) in [5, 5.41) is 7.20. The Morgan fingerprint density at radius 1 is 1.44 bits per heavy atom. The Bertz CT molecular complexity index is 363. The van der Waals surface area contributed by atoms with Crippen LogP contribution in [0.15, 0.2) is 4.52 Å². The molecule has 0 bridgehead atoms. The molecule has 3 rings (SSSR count). The summed E-state index contributed by atoms with van der Waals surface area (Å²) in [5.74, 6) is 1.82. The van der Waals surface area contributed by atoms with Gasteiger partial charge in [-0.2, -0.15) is 4.98 Å². The Kier molecular flexibility index (Phi) is 2.62. The van der Waals surface area contributed by atoms with Crippen molar-refractivity contribution in [1.82, 2.24) is 20.4 Å². The van der Waals surface area contributed by atoms with E-state index in [-0.39, 0.29) is 6.10 Å². The van der Waals surface area contributed by atoms with Gasteiger partial charge >= 0.3 is 0 Å². The molecule has 2 saturated heterocycles. The molecule has 0 saturated carbocycles. The Morgan fingerprint density at radius 2 is 2.31 bits per heavy atom. The van der Waals surface area contributed by atoms with Crippen molar-refractivity contribution in [3.05, 3.63) is 11.7 Å². The number of aromatic nitrogens is 2. The van der Waals surface area contributed by atoms with Crippen LogP contribution < -0.4 is 5.32 Å².